The lowest BCUT2D eigenvalue weighted by atomic mass is 10.2. The average Bonchev–Trinajstić information content (AvgIpc) is 2.90. The second-order valence-electron chi connectivity index (χ2n) is 5.73. The first kappa shape index (κ1) is 22.7. The van der Waals surface area contributed by atoms with Crippen LogP contribution >= 0.6 is 12.4 Å². The molecular weight excluding hydrogens is 399 g/mol. The van der Waals surface area contributed by atoms with Crippen LogP contribution in [-0.4, -0.2) is 68.7 Å². The maximum atomic E-state index is 13.3. The van der Waals surface area contributed by atoms with Gasteiger partial charge in [-0.15, -0.1) is 12.4 Å². The Kier molecular flexibility index (Phi) is 7.48. The summed E-state index contributed by atoms with van der Waals surface area (Å²) in [5, 5.41) is 2.94. The Bertz CT molecular complexity index is 732. The van der Waals surface area contributed by atoms with Gasteiger partial charge in [-0.3, -0.25) is 9.69 Å². The zero-order valence-electron chi connectivity index (χ0n) is 13.9. The summed E-state index contributed by atoms with van der Waals surface area (Å²) in [5.41, 5.74) is 5.05. The molecular formula is C13H21ClF3N5O3S. The number of carbonyl (C=O) groups is 1. The van der Waals surface area contributed by atoms with Crippen molar-refractivity contribution in [2.45, 2.75) is 17.1 Å². The van der Waals surface area contributed by atoms with Gasteiger partial charge in [-0.25, -0.2) is 13.1 Å². The molecule has 0 spiro atoms. The molecule has 0 aliphatic carbocycles. The van der Waals surface area contributed by atoms with Gasteiger partial charge in [0.2, 0.25) is 10.0 Å². The first-order valence-corrected chi connectivity index (χ1v) is 8.98. The van der Waals surface area contributed by atoms with Crippen LogP contribution in [0, 0.1) is 0 Å². The smallest absolute Gasteiger partial charge is 0.364 e. The molecule has 13 heteroatoms. The van der Waals surface area contributed by atoms with E-state index in [1.807, 2.05) is 4.72 Å². The van der Waals surface area contributed by atoms with Gasteiger partial charge in [-0.2, -0.15) is 13.2 Å². The highest BCUT2D eigenvalue weighted by Crippen LogP contribution is 2.25. The van der Waals surface area contributed by atoms with Gasteiger partial charge in [-0.1, -0.05) is 0 Å². The highest BCUT2D eigenvalue weighted by atomic mass is 35.5. The lowest BCUT2D eigenvalue weighted by Gasteiger charge is -2.35. The van der Waals surface area contributed by atoms with Crippen LogP contribution in [0.2, 0.25) is 0 Å². The number of nitrogens with zero attached hydrogens (tertiary/aromatic N) is 2. The fraction of sp³-hybridized carbons (Fsp3) is 0.615. The number of piperazine rings is 1. The molecule has 1 fully saturated rings. The SMILES string of the molecule is Cl.Cn1cc(S(=O)(=O)NCC(N2CCNCC2)C(F)(F)F)cc1C(N)=O. The van der Waals surface area contributed by atoms with E-state index in [4.69, 9.17) is 5.73 Å². The Balaban J connectivity index is 0.00000338. The van der Waals surface area contributed by atoms with E-state index in [0.717, 1.165) is 12.3 Å². The average molecular weight is 420 g/mol. The molecule has 1 unspecified atom stereocenters. The Morgan fingerprint density at radius 1 is 1.38 bits per heavy atom. The van der Waals surface area contributed by atoms with Crippen molar-refractivity contribution in [3.63, 3.8) is 0 Å². The Morgan fingerprint density at radius 3 is 2.42 bits per heavy atom. The molecule has 2 heterocycles. The molecule has 1 aliphatic rings. The number of aryl methyl sites for hydroxylation is 1. The molecule has 26 heavy (non-hydrogen) atoms. The van der Waals surface area contributed by atoms with E-state index >= 15 is 0 Å². The predicted molar refractivity (Wildman–Crippen MR) is 90.7 cm³/mol. The van der Waals surface area contributed by atoms with Gasteiger partial charge in [0.05, 0.1) is 0 Å². The zero-order chi connectivity index (χ0) is 18.8. The second kappa shape index (κ2) is 8.57. The summed E-state index contributed by atoms with van der Waals surface area (Å²) >= 11 is 0. The van der Waals surface area contributed by atoms with E-state index in [2.05, 4.69) is 5.32 Å². The van der Waals surface area contributed by atoms with Crippen LogP contribution in [0.5, 0.6) is 0 Å². The molecule has 1 amide bonds. The molecule has 150 valence electrons. The van der Waals surface area contributed by atoms with Crippen molar-refractivity contribution in [3.8, 4) is 0 Å². The molecule has 1 aromatic heterocycles. The number of rotatable bonds is 6. The first-order valence-electron chi connectivity index (χ1n) is 7.49. The molecule has 1 atom stereocenters. The Labute approximate surface area is 155 Å². The number of carbonyl (C=O) groups excluding carboxylic acids is 1. The van der Waals surface area contributed by atoms with Crippen molar-refractivity contribution in [3.05, 3.63) is 18.0 Å². The third-order valence-corrected chi connectivity index (χ3v) is 5.37. The van der Waals surface area contributed by atoms with Gasteiger partial charge < -0.3 is 15.6 Å². The molecule has 1 aliphatic heterocycles. The van der Waals surface area contributed by atoms with Crippen molar-refractivity contribution in [1.29, 1.82) is 0 Å². The molecule has 4 N–H and O–H groups in total. The van der Waals surface area contributed by atoms with Crippen LogP contribution in [0.25, 0.3) is 0 Å². The highest BCUT2D eigenvalue weighted by molar-refractivity contribution is 7.89. The fourth-order valence-corrected chi connectivity index (χ4v) is 3.75. The molecule has 0 aromatic carbocycles. The van der Waals surface area contributed by atoms with Crippen LogP contribution in [0.1, 0.15) is 10.5 Å². The molecule has 1 aromatic rings. The van der Waals surface area contributed by atoms with Gasteiger partial charge in [0, 0.05) is 46.0 Å². The summed E-state index contributed by atoms with van der Waals surface area (Å²) < 4.78 is 67.6. The van der Waals surface area contributed by atoms with Gasteiger partial charge in [0.15, 0.2) is 0 Å². The van der Waals surface area contributed by atoms with Crippen LogP contribution < -0.4 is 15.8 Å². The van der Waals surface area contributed by atoms with E-state index in [9.17, 15) is 26.4 Å². The van der Waals surface area contributed by atoms with Crippen LogP contribution in [-0.2, 0) is 17.1 Å². The number of aromatic nitrogens is 1. The fourth-order valence-electron chi connectivity index (χ4n) is 2.64. The lowest BCUT2D eigenvalue weighted by Crippen LogP contribution is -2.57. The lowest BCUT2D eigenvalue weighted by molar-refractivity contribution is -0.182. The topological polar surface area (TPSA) is 109 Å². The summed E-state index contributed by atoms with van der Waals surface area (Å²) in [5.74, 6) is -0.835. The van der Waals surface area contributed by atoms with Crippen molar-refractivity contribution in [2.24, 2.45) is 12.8 Å². The number of hydrogen-bond donors (Lipinski definition) is 3. The molecule has 0 saturated carbocycles. The number of nitrogens with one attached hydrogen (secondary N) is 2. The van der Waals surface area contributed by atoms with E-state index in [-0.39, 0.29) is 36.1 Å². The summed E-state index contributed by atoms with van der Waals surface area (Å²) in [7, 11) is -2.80. The van der Waals surface area contributed by atoms with Gasteiger partial charge in [-0.05, 0) is 6.07 Å². The molecule has 2 rings (SSSR count). The third kappa shape index (κ3) is 5.33. The van der Waals surface area contributed by atoms with Gasteiger partial charge in [0.1, 0.15) is 16.6 Å². The van der Waals surface area contributed by atoms with Crippen molar-refractivity contribution in [2.75, 3.05) is 32.7 Å². The summed E-state index contributed by atoms with van der Waals surface area (Å²) in [4.78, 5) is 12.1. The minimum Gasteiger partial charge on any atom is -0.364 e. The number of hydrogen-bond acceptors (Lipinski definition) is 5. The van der Waals surface area contributed by atoms with Crippen LogP contribution in [0.15, 0.2) is 17.2 Å². The number of nitrogens with two attached hydrogens (primary N) is 1. The Hall–Kier alpha value is -1.34. The minimum atomic E-state index is -4.57. The largest absolute Gasteiger partial charge is 0.405 e. The zero-order valence-corrected chi connectivity index (χ0v) is 15.5. The third-order valence-electron chi connectivity index (χ3n) is 3.98. The quantitative estimate of drug-likeness (QED) is 0.584. The first-order chi connectivity index (χ1) is 11.5. The van der Waals surface area contributed by atoms with Crippen LogP contribution in [0.4, 0.5) is 13.2 Å². The monoisotopic (exact) mass is 419 g/mol. The maximum absolute atomic E-state index is 13.3. The molecule has 0 radical (unpaired) electrons. The number of amides is 1. The standard InChI is InChI=1S/C13H20F3N5O3S.ClH/c1-20-8-9(6-10(20)12(17)22)25(23,24)19-7-11(13(14,15)16)21-4-2-18-3-5-21;/h6,8,11,18-19H,2-5,7H2,1H3,(H2,17,22);1H. The highest BCUT2D eigenvalue weighted by Gasteiger charge is 2.44. The van der Waals surface area contributed by atoms with E-state index in [1.165, 1.54) is 16.5 Å². The van der Waals surface area contributed by atoms with Crippen molar-refractivity contribution >= 4 is 28.3 Å². The Morgan fingerprint density at radius 2 is 1.96 bits per heavy atom. The van der Waals surface area contributed by atoms with E-state index in [1.54, 1.807) is 0 Å². The van der Waals surface area contributed by atoms with Gasteiger partial charge >= 0.3 is 6.18 Å². The van der Waals surface area contributed by atoms with E-state index in [0.29, 0.717) is 13.1 Å². The number of alkyl halides is 3. The summed E-state index contributed by atoms with van der Waals surface area (Å²) in [6.45, 7) is 0.332. The summed E-state index contributed by atoms with van der Waals surface area (Å²) in [6.07, 6.45) is -3.45. The number of halogens is 4. The maximum Gasteiger partial charge on any atom is 0.405 e. The second-order valence-corrected chi connectivity index (χ2v) is 7.50. The number of primary amides is 1. The summed E-state index contributed by atoms with van der Waals surface area (Å²) in [6, 6.07) is -0.901. The minimum absolute atomic E-state index is 0. The number of sulfonamides is 1. The van der Waals surface area contributed by atoms with Crippen LogP contribution in [0.3, 0.4) is 0 Å². The van der Waals surface area contributed by atoms with Crippen molar-refractivity contribution in [1.82, 2.24) is 19.5 Å². The predicted octanol–water partition coefficient (Wildman–Crippen LogP) is -0.340. The van der Waals surface area contributed by atoms with Crippen molar-refractivity contribution < 1.29 is 26.4 Å². The molecule has 8 nitrogen and oxygen atoms in total. The molecule has 0 bridgehead atoms. The normalized spacial score (nSPS) is 17.5. The van der Waals surface area contributed by atoms with E-state index < -0.39 is 34.7 Å². The molecule has 1 saturated heterocycles. The van der Waals surface area contributed by atoms with Gasteiger partial charge in [0.25, 0.3) is 5.91 Å².